The summed E-state index contributed by atoms with van der Waals surface area (Å²) in [4.78, 5) is 22.7. The molecule has 1 unspecified atom stereocenters. The van der Waals surface area contributed by atoms with Crippen LogP contribution in [0.3, 0.4) is 0 Å². The van der Waals surface area contributed by atoms with Gasteiger partial charge >= 0.3 is 5.97 Å². The molecule has 0 spiro atoms. The first kappa shape index (κ1) is 17.0. The Bertz CT molecular complexity index is 610. The van der Waals surface area contributed by atoms with E-state index in [-0.39, 0.29) is 6.54 Å². The molecule has 0 saturated carbocycles. The molecule has 0 bridgehead atoms. The van der Waals surface area contributed by atoms with Crippen LogP contribution in [0.5, 0.6) is 0 Å². The zero-order chi connectivity index (χ0) is 16.0. The molecule has 1 aromatic carbocycles. The number of carbonyl (C=O) groups is 2. The molecule has 0 heterocycles. The molecule has 1 rings (SSSR count). The number of nitrogens with one attached hydrogen (secondary N) is 2. The maximum atomic E-state index is 11.8. The highest BCUT2D eigenvalue weighted by atomic mass is 32.2. The zero-order valence-corrected chi connectivity index (χ0v) is 12.6. The lowest BCUT2D eigenvalue weighted by molar-refractivity contribution is -0.141. The number of sulfonamides is 1. The molecule has 1 atom stereocenters. The third-order valence-electron chi connectivity index (χ3n) is 2.80. The Morgan fingerprint density at radius 3 is 2.24 bits per heavy atom. The van der Waals surface area contributed by atoms with Crippen molar-refractivity contribution in [1.82, 2.24) is 5.32 Å². The average molecular weight is 314 g/mol. The summed E-state index contributed by atoms with van der Waals surface area (Å²) < 4.78 is 24.4. The predicted molar refractivity (Wildman–Crippen MR) is 78.7 cm³/mol. The predicted octanol–water partition coefficient (Wildman–Crippen LogP) is 0.899. The van der Waals surface area contributed by atoms with Gasteiger partial charge in [-0.05, 0) is 30.7 Å². The standard InChI is InChI=1S/C13H18N2O5S/c1-3-9(13(17)18)8-14-12(16)10-4-6-11(7-5-10)15-21(2,19)20/h4-7,9,15H,3,8H2,1-2H3,(H,14,16)(H,17,18). The van der Waals surface area contributed by atoms with Crippen LogP contribution < -0.4 is 10.0 Å². The van der Waals surface area contributed by atoms with Crippen molar-refractivity contribution < 1.29 is 23.1 Å². The van der Waals surface area contributed by atoms with Crippen molar-refractivity contribution in [3.05, 3.63) is 29.8 Å². The van der Waals surface area contributed by atoms with Crippen LogP contribution in [0.15, 0.2) is 24.3 Å². The number of benzene rings is 1. The molecule has 8 heteroatoms. The molecule has 3 N–H and O–H groups in total. The molecule has 0 aliphatic heterocycles. The molecule has 0 saturated heterocycles. The molecular weight excluding hydrogens is 296 g/mol. The van der Waals surface area contributed by atoms with Gasteiger partial charge in [-0.3, -0.25) is 14.3 Å². The Morgan fingerprint density at radius 1 is 1.24 bits per heavy atom. The number of carboxylic acid groups (broad SMARTS) is 1. The van der Waals surface area contributed by atoms with Crippen molar-refractivity contribution in [2.24, 2.45) is 5.92 Å². The lowest BCUT2D eigenvalue weighted by Crippen LogP contribution is -2.32. The van der Waals surface area contributed by atoms with Crippen molar-refractivity contribution in [2.45, 2.75) is 13.3 Å². The Hall–Kier alpha value is -2.09. The second-order valence-electron chi connectivity index (χ2n) is 4.61. The third-order valence-corrected chi connectivity index (χ3v) is 3.41. The summed E-state index contributed by atoms with van der Waals surface area (Å²) in [5.74, 6) is -1.98. The fourth-order valence-electron chi connectivity index (χ4n) is 1.63. The second kappa shape index (κ2) is 7.07. The number of rotatable bonds is 7. The van der Waals surface area contributed by atoms with Gasteiger partial charge < -0.3 is 10.4 Å². The molecule has 1 amide bonds. The SMILES string of the molecule is CCC(CNC(=O)c1ccc(NS(C)(=O)=O)cc1)C(=O)O. The number of hydrogen-bond donors (Lipinski definition) is 3. The summed E-state index contributed by atoms with van der Waals surface area (Å²) in [6, 6.07) is 5.85. The minimum atomic E-state index is -3.36. The monoisotopic (exact) mass is 314 g/mol. The summed E-state index contributed by atoms with van der Waals surface area (Å²) in [7, 11) is -3.36. The Labute approximate surface area is 123 Å². The molecule has 7 nitrogen and oxygen atoms in total. The second-order valence-corrected chi connectivity index (χ2v) is 6.35. The largest absolute Gasteiger partial charge is 0.481 e. The minimum Gasteiger partial charge on any atom is -0.481 e. The van der Waals surface area contributed by atoms with Crippen LogP contribution in [0.4, 0.5) is 5.69 Å². The van der Waals surface area contributed by atoms with E-state index in [1.165, 1.54) is 24.3 Å². The van der Waals surface area contributed by atoms with Gasteiger partial charge in [-0.2, -0.15) is 0 Å². The van der Waals surface area contributed by atoms with Crippen LogP contribution in [0.1, 0.15) is 23.7 Å². The molecule has 0 aliphatic rings. The van der Waals surface area contributed by atoms with E-state index in [0.29, 0.717) is 17.7 Å². The third kappa shape index (κ3) is 5.82. The Morgan fingerprint density at radius 2 is 1.81 bits per heavy atom. The van der Waals surface area contributed by atoms with Gasteiger partial charge in [0.1, 0.15) is 0 Å². The van der Waals surface area contributed by atoms with Crippen LogP contribution in [0.2, 0.25) is 0 Å². The first-order valence-corrected chi connectivity index (χ1v) is 8.21. The van der Waals surface area contributed by atoms with Crippen molar-refractivity contribution >= 4 is 27.6 Å². The van der Waals surface area contributed by atoms with Gasteiger partial charge in [0.15, 0.2) is 0 Å². The van der Waals surface area contributed by atoms with E-state index in [1.807, 2.05) is 0 Å². The van der Waals surface area contributed by atoms with E-state index in [2.05, 4.69) is 10.0 Å². The zero-order valence-electron chi connectivity index (χ0n) is 11.8. The van der Waals surface area contributed by atoms with E-state index in [1.54, 1.807) is 6.92 Å². The lowest BCUT2D eigenvalue weighted by atomic mass is 10.1. The normalized spacial score (nSPS) is 12.5. The molecular formula is C13H18N2O5S. The summed E-state index contributed by atoms with van der Waals surface area (Å²) in [6.45, 7) is 1.78. The van der Waals surface area contributed by atoms with E-state index in [9.17, 15) is 18.0 Å². The summed E-state index contributed by atoms with van der Waals surface area (Å²) >= 11 is 0. The van der Waals surface area contributed by atoms with E-state index in [0.717, 1.165) is 6.26 Å². The summed E-state index contributed by atoms with van der Waals surface area (Å²) in [5, 5.41) is 11.4. The van der Waals surface area contributed by atoms with Crippen LogP contribution in [0, 0.1) is 5.92 Å². The van der Waals surface area contributed by atoms with Crippen LogP contribution in [-0.2, 0) is 14.8 Å². The molecule has 1 aromatic rings. The fraction of sp³-hybridized carbons (Fsp3) is 0.385. The van der Waals surface area contributed by atoms with Crippen LogP contribution >= 0.6 is 0 Å². The average Bonchev–Trinajstić information content (AvgIpc) is 2.37. The molecule has 0 aromatic heterocycles. The number of carboxylic acids is 1. The van der Waals surface area contributed by atoms with E-state index >= 15 is 0 Å². The van der Waals surface area contributed by atoms with Gasteiger partial charge in [-0.1, -0.05) is 6.92 Å². The van der Waals surface area contributed by atoms with Crippen molar-refractivity contribution in [2.75, 3.05) is 17.5 Å². The lowest BCUT2D eigenvalue weighted by Gasteiger charge is -2.11. The first-order chi connectivity index (χ1) is 9.73. The van der Waals surface area contributed by atoms with Gasteiger partial charge in [-0.15, -0.1) is 0 Å². The highest BCUT2D eigenvalue weighted by Crippen LogP contribution is 2.11. The van der Waals surface area contributed by atoms with E-state index in [4.69, 9.17) is 5.11 Å². The number of carbonyl (C=O) groups excluding carboxylic acids is 1. The Balaban J connectivity index is 2.65. The van der Waals surface area contributed by atoms with Crippen molar-refractivity contribution in [1.29, 1.82) is 0 Å². The van der Waals surface area contributed by atoms with Gasteiger partial charge in [0, 0.05) is 17.8 Å². The highest BCUT2D eigenvalue weighted by molar-refractivity contribution is 7.92. The van der Waals surface area contributed by atoms with Crippen molar-refractivity contribution in [3.8, 4) is 0 Å². The van der Waals surface area contributed by atoms with Crippen molar-refractivity contribution in [3.63, 3.8) is 0 Å². The fourth-order valence-corrected chi connectivity index (χ4v) is 2.19. The number of amides is 1. The smallest absolute Gasteiger partial charge is 0.308 e. The Kier molecular flexibility index (Phi) is 5.71. The topological polar surface area (TPSA) is 113 Å². The number of hydrogen-bond acceptors (Lipinski definition) is 4. The summed E-state index contributed by atoms with van der Waals surface area (Å²) in [5.41, 5.74) is 0.681. The molecule has 21 heavy (non-hydrogen) atoms. The first-order valence-electron chi connectivity index (χ1n) is 6.31. The van der Waals surface area contributed by atoms with Crippen LogP contribution in [0.25, 0.3) is 0 Å². The molecule has 0 aliphatic carbocycles. The van der Waals surface area contributed by atoms with Gasteiger partial charge in [-0.25, -0.2) is 8.42 Å². The number of anilines is 1. The quantitative estimate of drug-likeness (QED) is 0.692. The summed E-state index contributed by atoms with van der Waals surface area (Å²) in [6.07, 6.45) is 1.46. The van der Waals surface area contributed by atoms with Gasteiger partial charge in [0.05, 0.1) is 12.2 Å². The van der Waals surface area contributed by atoms with Gasteiger partial charge in [0.25, 0.3) is 5.91 Å². The molecule has 0 fully saturated rings. The maximum Gasteiger partial charge on any atom is 0.308 e. The highest BCUT2D eigenvalue weighted by Gasteiger charge is 2.16. The van der Waals surface area contributed by atoms with Crippen LogP contribution in [-0.4, -0.2) is 38.2 Å². The molecule has 116 valence electrons. The number of aliphatic carboxylic acids is 1. The molecule has 0 radical (unpaired) electrons. The minimum absolute atomic E-state index is 0.0496. The maximum absolute atomic E-state index is 11.8. The van der Waals surface area contributed by atoms with Gasteiger partial charge in [0.2, 0.25) is 10.0 Å². The van der Waals surface area contributed by atoms with E-state index < -0.39 is 27.8 Å².